The highest BCUT2D eigenvalue weighted by atomic mass is 16.2. The fraction of sp³-hybridized carbons (Fsp3) is 0.192. The van der Waals surface area contributed by atoms with Gasteiger partial charge < -0.3 is 16.4 Å². The Labute approximate surface area is 193 Å². The Morgan fingerprint density at radius 3 is 1.97 bits per heavy atom. The lowest BCUT2D eigenvalue weighted by Crippen LogP contribution is -2.45. The fourth-order valence-corrected chi connectivity index (χ4v) is 3.98. The van der Waals surface area contributed by atoms with Crippen LogP contribution < -0.4 is 16.4 Å². The lowest BCUT2D eigenvalue weighted by atomic mass is 9.83. The zero-order valence-corrected chi connectivity index (χ0v) is 18.3. The van der Waals surface area contributed by atoms with Crippen LogP contribution in [-0.4, -0.2) is 35.9 Å². The van der Waals surface area contributed by atoms with Crippen molar-refractivity contribution in [2.45, 2.75) is 18.5 Å². The zero-order valence-electron chi connectivity index (χ0n) is 18.3. The second-order valence-corrected chi connectivity index (χ2v) is 7.82. The van der Waals surface area contributed by atoms with E-state index in [1.807, 2.05) is 91.0 Å². The summed E-state index contributed by atoms with van der Waals surface area (Å²) in [6, 6.07) is 28.4. The van der Waals surface area contributed by atoms with Gasteiger partial charge in [0.15, 0.2) is 11.5 Å². The van der Waals surface area contributed by atoms with Crippen LogP contribution in [0.2, 0.25) is 0 Å². The van der Waals surface area contributed by atoms with Crippen LogP contribution in [0.1, 0.15) is 23.1 Å². The quantitative estimate of drug-likeness (QED) is 0.469. The average molecular weight is 442 g/mol. The number of rotatable bonds is 8. The number of nitrogens with one attached hydrogen (secondary N) is 2. The molecule has 1 heterocycles. The van der Waals surface area contributed by atoms with Gasteiger partial charge in [-0.2, -0.15) is 0 Å². The van der Waals surface area contributed by atoms with Crippen molar-refractivity contribution >= 4 is 17.9 Å². The molecule has 0 radical (unpaired) electrons. The molecule has 1 aliphatic rings. The van der Waals surface area contributed by atoms with Crippen LogP contribution >= 0.6 is 0 Å². The molecule has 0 bridgehead atoms. The van der Waals surface area contributed by atoms with E-state index in [1.165, 1.54) is 4.90 Å². The van der Waals surface area contributed by atoms with Crippen LogP contribution in [0.15, 0.2) is 96.0 Å². The number of carbonyl (C=O) groups is 2. The molecule has 4 rings (SSSR count). The molecule has 0 atom stereocenters. The summed E-state index contributed by atoms with van der Waals surface area (Å²) in [5, 5.41) is 5.64. The van der Waals surface area contributed by atoms with Gasteiger partial charge >= 0.3 is 6.03 Å². The van der Waals surface area contributed by atoms with E-state index >= 15 is 0 Å². The molecule has 0 unspecified atom stereocenters. The van der Waals surface area contributed by atoms with E-state index in [1.54, 1.807) is 0 Å². The van der Waals surface area contributed by atoms with Gasteiger partial charge in [-0.1, -0.05) is 91.0 Å². The van der Waals surface area contributed by atoms with Crippen LogP contribution in [0, 0.1) is 0 Å². The first-order valence-electron chi connectivity index (χ1n) is 11.0. The highest BCUT2D eigenvalue weighted by Crippen LogP contribution is 2.39. The Balaban J connectivity index is 1.38. The molecule has 0 fully saturated rings. The Kier molecular flexibility index (Phi) is 6.69. The van der Waals surface area contributed by atoms with Crippen molar-refractivity contribution in [2.24, 2.45) is 10.7 Å². The van der Waals surface area contributed by atoms with E-state index < -0.39 is 5.54 Å². The van der Waals surface area contributed by atoms with Gasteiger partial charge in [0.05, 0.1) is 0 Å². The lowest BCUT2D eigenvalue weighted by molar-refractivity contribution is -0.130. The summed E-state index contributed by atoms with van der Waals surface area (Å²) < 4.78 is 0. The molecular weight excluding hydrogens is 414 g/mol. The molecule has 168 valence electrons. The molecule has 0 spiro atoms. The molecule has 7 nitrogen and oxygen atoms in total. The highest BCUT2D eigenvalue weighted by molar-refractivity contribution is 6.09. The summed E-state index contributed by atoms with van der Waals surface area (Å²) in [7, 11) is 0. The fourth-order valence-electron chi connectivity index (χ4n) is 3.98. The number of nitrogens with two attached hydrogens (primary N) is 1. The number of benzene rings is 3. The first-order chi connectivity index (χ1) is 16.1. The maximum absolute atomic E-state index is 13.7. The molecule has 4 N–H and O–H groups in total. The van der Waals surface area contributed by atoms with Gasteiger partial charge in [-0.25, -0.2) is 9.79 Å². The highest BCUT2D eigenvalue weighted by Gasteiger charge is 2.50. The van der Waals surface area contributed by atoms with Crippen LogP contribution in [0.5, 0.6) is 0 Å². The maximum Gasteiger partial charge on any atom is 0.315 e. The topological polar surface area (TPSA) is 99.8 Å². The van der Waals surface area contributed by atoms with Gasteiger partial charge in [0.2, 0.25) is 0 Å². The van der Waals surface area contributed by atoms with Crippen molar-refractivity contribution in [3.8, 4) is 0 Å². The summed E-state index contributed by atoms with van der Waals surface area (Å²) in [6.07, 6.45) is 0.542. The van der Waals surface area contributed by atoms with Gasteiger partial charge in [0.25, 0.3) is 5.91 Å². The summed E-state index contributed by atoms with van der Waals surface area (Å²) >= 11 is 0. The molecule has 3 aromatic carbocycles. The Bertz CT molecular complexity index is 1080. The third-order valence-electron chi connectivity index (χ3n) is 5.64. The normalized spacial score (nSPS) is 14.6. The van der Waals surface area contributed by atoms with Crippen molar-refractivity contribution in [3.63, 3.8) is 0 Å². The minimum Gasteiger partial charge on any atom is -0.369 e. The van der Waals surface area contributed by atoms with Crippen molar-refractivity contribution in [2.75, 3.05) is 13.1 Å². The number of hydrogen-bond donors (Lipinski definition) is 3. The molecule has 0 saturated heterocycles. The van der Waals surface area contributed by atoms with Crippen molar-refractivity contribution < 1.29 is 9.59 Å². The number of hydrogen-bond acceptors (Lipinski definition) is 4. The van der Waals surface area contributed by atoms with E-state index in [9.17, 15) is 9.59 Å². The second-order valence-electron chi connectivity index (χ2n) is 7.82. The standard InChI is InChI=1S/C26H27N5O2/c27-24-30-26(21-13-6-2-7-14-21,22-15-8-3-9-16-22)23(32)31(24)18-10-17-28-25(33)29-19-20-11-4-1-5-12-20/h1-9,11-16H,10,17-19H2,(H2,27,30)(H2,28,29,33). The zero-order chi connectivity index (χ0) is 23.1. The van der Waals surface area contributed by atoms with E-state index in [-0.39, 0.29) is 17.9 Å². The number of amides is 3. The Morgan fingerprint density at radius 1 is 0.848 bits per heavy atom. The molecule has 1 aliphatic heterocycles. The van der Waals surface area contributed by atoms with Crippen LogP contribution in [0.4, 0.5) is 4.79 Å². The van der Waals surface area contributed by atoms with E-state index in [0.717, 1.165) is 16.7 Å². The van der Waals surface area contributed by atoms with Gasteiger partial charge in [0.1, 0.15) is 0 Å². The van der Waals surface area contributed by atoms with Crippen molar-refractivity contribution in [1.29, 1.82) is 0 Å². The van der Waals surface area contributed by atoms with Crippen LogP contribution in [-0.2, 0) is 16.9 Å². The SMILES string of the molecule is NC1=NC(c2ccccc2)(c2ccccc2)C(=O)N1CCCNC(=O)NCc1ccccc1. The summed E-state index contributed by atoms with van der Waals surface area (Å²) in [4.78, 5) is 31.9. The monoisotopic (exact) mass is 441 g/mol. The van der Waals surface area contributed by atoms with Crippen molar-refractivity contribution in [3.05, 3.63) is 108 Å². The predicted molar refractivity (Wildman–Crippen MR) is 128 cm³/mol. The molecule has 33 heavy (non-hydrogen) atoms. The molecule has 0 aromatic heterocycles. The Morgan fingerprint density at radius 2 is 1.39 bits per heavy atom. The van der Waals surface area contributed by atoms with Gasteiger partial charge in [-0.15, -0.1) is 0 Å². The summed E-state index contributed by atoms with van der Waals surface area (Å²) in [5.41, 5.74) is 7.59. The Hall–Kier alpha value is -4.13. The number of guanidine groups is 1. The molecule has 3 aromatic rings. The third-order valence-corrected chi connectivity index (χ3v) is 5.64. The maximum atomic E-state index is 13.7. The molecule has 7 heteroatoms. The summed E-state index contributed by atoms with van der Waals surface area (Å²) in [5.74, 6) is -0.00726. The van der Waals surface area contributed by atoms with Gasteiger partial charge in [-0.05, 0) is 23.1 Å². The van der Waals surface area contributed by atoms with Gasteiger partial charge in [-0.3, -0.25) is 9.69 Å². The van der Waals surface area contributed by atoms with Crippen LogP contribution in [0.25, 0.3) is 0 Å². The van der Waals surface area contributed by atoms with Crippen LogP contribution in [0.3, 0.4) is 0 Å². The van der Waals surface area contributed by atoms with E-state index in [4.69, 9.17) is 5.73 Å². The molecule has 0 saturated carbocycles. The number of aliphatic imine (C=N–C) groups is 1. The largest absolute Gasteiger partial charge is 0.369 e. The second kappa shape index (κ2) is 9.99. The number of urea groups is 1. The minimum atomic E-state index is -1.20. The average Bonchev–Trinajstić information content (AvgIpc) is 3.12. The molecule has 0 aliphatic carbocycles. The summed E-state index contributed by atoms with van der Waals surface area (Å²) in [6.45, 7) is 1.21. The van der Waals surface area contributed by atoms with E-state index in [0.29, 0.717) is 26.1 Å². The smallest absolute Gasteiger partial charge is 0.315 e. The molecular formula is C26H27N5O2. The predicted octanol–water partition coefficient (Wildman–Crippen LogP) is 2.98. The lowest BCUT2D eigenvalue weighted by Gasteiger charge is -2.27. The van der Waals surface area contributed by atoms with Crippen molar-refractivity contribution in [1.82, 2.24) is 15.5 Å². The first-order valence-corrected chi connectivity index (χ1v) is 11.0. The third kappa shape index (κ3) is 4.72. The molecule has 3 amide bonds. The number of nitrogens with zero attached hydrogens (tertiary/aromatic N) is 2. The van der Waals surface area contributed by atoms with Gasteiger partial charge in [0, 0.05) is 19.6 Å². The first kappa shape index (κ1) is 22.1. The number of carbonyl (C=O) groups excluding carboxylic acids is 2. The van der Waals surface area contributed by atoms with E-state index in [2.05, 4.69) is 15.6 Å². The minimum absolute atomic E-state index is 0.182.